The highest BCUT2D eigenvalue weighted by atomic mass is 19.1. The lowest BCUT2D eigenvalue weighted by Crippen LogP contribution is -2.16. The lowest BCUT2D eigenvalue weighted by Gasteiger charge is -2.11. The van der Waals surface area contributed by atoms with Crippen LogP contribution in [0.2, 0.25) is 0 Å². The number of hydrogen-bond acceptors (Lipinski definition) is 4. The van der Waals surface area contributed by atoms with E-state index in [0.29, 0.717) is 0 Å². The maximum Gasteiger partial charge on any atom is 0.178 e. The third-order valence-corrected chi connectivity index (χ3v) is 1.49. The number of nitrogens with two attached hydrogens (primary N) is 1. The van der Waals surface area contributed by atoms with E-state index in [-0.39, 0.29) is 17.7 Å². The number of rotatable bonds is 3. The molecule has 0 fully saturated rings. The monoisotopic (exact) mass is 202 g/mol. The molecule has 0 saturated carbocycles. The molecule has 4 nitrogen and oxygen atoms in total. The van der Waals surface area contributed by atoms with E-state index < -0.39 is 11.6 Å². The number of aromatic nitrogens is 1. The summed E-state index contributed by atoms with van der Waals surface area (Å²) < 4.78 is 26.0. The van der Waals surface area contributed by atoms with Crippen LogP contribution < -0.4 is 16.6 Å². The van der Waals surface area contributed by atoms with E-state index in [9.17, 15) is 8.78 Å². The molecule has 0 amide bonds. The van der Waals surface area contributed by atoms with Gasteiger partial charge in [-0.05, 0) is 13.8 Å². The molecule has 14 heavy (non-hydrogen) atoms. The molecule has 1 aromatic heterocycles. The highest BCUT2D eigenvalue weighted by Gasteiger charge is 2.11. The predicted molar refractivity (Wildman–Crippen MR) is 50.7 cm³/mol. The topological polar surface area (TPSA) is 63.0 Å². The van der Waals surface area contributed by atoms with Gasteiger partial charge in [0.15, 0.2) is 23.3 Å². The summed E-state index contributed by atoms with van der Waals surface area (Å²) in [4.78, 5) is 3.63. The number of nitrogen functional groups attached to an aromatic ring is 1. The second-order valence-electron chi connectivity index (χ2n) is 3.09. The zero-order valence-electron chi connectivity index (χ0n) is 7.94. The van der Waals surface area contributed by atoms with Gasteiger partial charge in [-0.25, -0.2) is 19.6 Å². The lowest BCUT2D eigenvalue weighted by molar-refractivity contribution is 0.577. The Morgan fingerprint density at radius 3 is 2.36 bits per heavy atom. The van der Waals surface area contributed by atoms with Gasteiger partial charge in [0.25, 0.3) is 0 Å². The van der Waals surface area contributed by atoms with Gasteiger partial charge in [-0.15, -0.1) is 0 Å². The van der Waals surface area contributed by atoms with E-state index >= 15 is 0 Å². The van der Waals surface area contributed by atoms with Gasteiger partial charge in [-0.1, -0.05) is 0 Å². The van der Waals surface area contributed by atoms with Crippen LogP contribution in [0.3, 0.4) is 0 Å². The summed E-state index contributed by atoms with van der Waals surface area (Å²) in [6.45, 7) is 3.64. The smallest absolute Gasteiger partial charge is 0.178 e. The van der Waals surface area contributed by atoms with E-state index in [1.165, 1.54) is 0 Å². The molecule has 0 saturated heterocycles. The van der Waals surface area contributed by atoms with Gasteiger partial charge < -0.3 is 10.7 Å². The Bertz CT molecular complexity index is 327. The summed E-state index contributed by atoms with van der Waals surface area (Å²) in [5.41, 5.74) is 2.04. The average molecular weight is 202 g/mol. The fourth-order valence-corrected chi connectivity index (χ4v) is 0.942. The van der Waals surface area contributed by atoms with E-state index in [0.717, 1.165) is 6.07 Å². The normalized spacial score (nSPS) is 10.4. The zero-order chi connectivity index (χ0) is 10.7. The lowest BCUT2D eigenvalue weighted by atomic mass is 10.3. The standard InChI is InChI=1S/C8H12F2N4/c1-4(2)12-7-5(9)3-6(10)8(13-7)14-11/h3-4H,11H2,1-2H3,(H2,12,13,14). The van der Waals surface area contributed by atoms with E-state index in [2.05, 4.69) is 10.3 Å². The Balaban J connectivity index is 3.04. The fraction of sp³-hybridized carbons (Fsp3) is 0.375. The predicted octanol–water partition coefficient (Wildman–Crippen LogP) is 1.47. The molecule has 0 bridgehead atoms. The molecular weight excluding hydrogens is 190 g/mol. The molecule has 1 heterocycles. The van der Waals surface area contributed by atoms with Crippen LogP contribution in [0.25, 0.3) is 0 Å². The van der Waals surface area contributed by atoms with Crippen molar-refractivity contribution in [1.29, 1.82) is 0 Å². The molecule has 6 heteroatoms. The first-order valence-corrected chi connectivity index (χ1v) is 4.13. The summed E-state index contributed by atoms with van der Waals surface area (Å²) in [5, 5.41) is 2.73. The maximum absolute atomic E-state index is 13.1. The molecule has 0 aliphatic rings. The number of nitrogens with zero attached hydrogens (tertiary/aromatic N) is 1. The van der Waals surface area contributed by atoms with Crippen molar-refractivity contribution in [1.82, 2.24) is 4.98 Å². The third-order valence-electron chi connectivity index (χ3n) is 1.49. The molecular formula is C8H12F2N4. The number of pyridine rings is 1. The highest BCUT2D eigenvalue weighted by molar-refractivity contribution is 5.47. The van der Waals surface area contributed by atoms with Gasteiger partial charge in [0.2, 0.25) is 0 Å². The minimum atomic E-state index is -0.820. The fourth-order valence-electron chi connectivity index (χ4n) is 0.942. The van der Waals surface area contributed by atoms with Gasteiger partial charge in [0, 0.05) is 12.1 Å². The molecule has 0 radical (unpaired) electrons. The van der Waals surface area contributed by atoms with Crippen molar-refractivity contribution in [3.05, 3.63) is 17.7 Å². The Morgan fingerprint density at radius 1 is 1.29 bits per heavy atom. The molecule has 1 aromatic rings. The quantitative estimate of drug-likeness (QED) is 0.513. The minimum absolute atomic E-state index is 0.00749. The zero-order valence-corrected chi connectivity index (χ0v) is 7.94. The van der Waals surface area contributed by atoms with Crippen molar-refractivity contribution in [2.45, 2.75) is 19.9 Å². The molecule has 1 rings (SSSR count). The van der Waals surface area contributed by atoms with E-state index in [1.54, 1.807) is 0 Å². The maximum atomic E-state index is 13.1. The van der Waals surface area contributed by atoms with Crippen LogP contribution in [0.4, 0.5) is 20.4 Å². The SMILES string of the molecule is CC(C)Nc1nc(NN)c(F)cc1F. The first-order valence-electron chi connectivity index (χ1n) is 4.13. The highest BCUT2D eigenvalue weighted by Crippen LogP contribution is 2.18. The van der Waals surface area contributed by atoms with Crippen molar-refractivity contribution in [2.75, 3.05) is 10.7 Å². The molecule has 0 unspecified atom stereocenters. The number of hydrazine groups is 1. The Morgan fingerprint density at radius 2 is 1.86 bits per heavy atom. The summed E-state index contributed by atoms with van der Waals surface area (Å²) in [7, 11) is 0. The largest absolute Gasteiger partial charge is 0.365 e. The second-order valence-corrected chi connectivity index (χ2v) is 3.09. The van der Waals surface area contributed by atoms with Crippen LogP contribution in [-0.4, -0.2) is 11.0 Å². The van der Waals surface area contributed by atoms with Crippen molar-refractivity contribution in [3.8, 4) is 0 Å². The number of nitrogens with one attached hydrogen (secondary N) is 2. The van der Waals surface area contributed by atoms with Crippen LogP contribution in [-0.2, 0) is 0 Å². The van der Waals surface area contributed by atoms with Crippen molar-refractivity contribution in [2.24, 2.45) is 5.84 Å². The first kappa shape index (κ1) is 10.6. The van der Waals surface area contributed by atoms with Crippen LogP contribution >= 0.6 is 0 Å². The van der Waals surface area contributed by atoms with Gasteiger partial charge in [0.05, 0.1) is 0 Å². The summed E-state index contributed by atoms with van der Waals surface area (Å²) in [5.74, 6) is 3.23. The van der Waals surface area contributed by atoms with Crippen LogP contribution in [0.15, 0.2) is 6.07 Å². The molecule has 0 spiro atoms. The third kappa shape index (κ3) is 2.29. The molecule has 78 valence electrons. The number of hydrogen-bond donors (Lipinski definition) is 3. The van der Waals surface area contributed by atoms with Crippen molar-refractivity contribution < 1.29 is 8.78 Å². The van der Waals surface area contributed by atoms with Gasteiger partial charge in [-0.2, -0.15) is 0 Å². The molecule has 0 aliphatic carbocycles. The van der Waals surface area contributed by atoms with Crippen LogP contribution in [0.1, 0.15) is 13.8 Å². The second kappa shape index (κ2) is 4.19. The van der Waals surface area contributed by atoms with Gasteiger partial charge >= 0.3 is 0 Å². The van der Waals surface area contributed by atoms with E-state index in [1.807, 2.05) is 19.3 Å². The summed E-state index contributed by atoms with van der Waals surface area (Å²) in [6.07, 6.45) is 0. The van der Waals surface area contributed by atoms with Gasteiger partial charge in [-0.3, -0.25) is 0 Å². The van der Waals surface area contributed by atoms with Crippen LogP contribution in [0.5, 0.6) is 0 Å². The van der Waals surface area contributed by atoms with Gasteiger partial charge in [0.1, 0.15) is 0 Å². The molecule has 4 N–H and O–H groups in total. The first-order chi connectivity index (χ1) is 6.54. The Kier molecular flexibility index (Phi) is 3.19. The van der Waals surface area contributed by atoms with Crippen molar-refractivity contribution in [3.63, 3.8) is 0 Å². The number of anilines is 2. The Hall–Kier alpha value is -1.43. The summed E-state index contributed by atoms with van der Waals surface area (Å²) >= 11 is 0. The summed E-state index contributed by atoms with van der Waals surface area (Å²) in [6, 6.07) is 0.737. The Labute approximate surface area is 80.5 Å². The number of halogens is 2. The molecule has 0 atom stereocenters. The molecule has 0 aromatic carbocycles. The van der Waals surface area contributed by atoms with Crippen molar-refractivity contribution >= 4 is 11.6 Å². The molecule has 0 aliphatic heterocycles. The van der Waals surface area contributed by atoms with Crippen LogP contribution in [0, 0.1) is 11.6 Å². The minimum Gasteiger partial charge on any atom is -0.365 e. The van der Waals surface area contributed by atoms with E-state index in [4.69, 9.17) is 5.84 Å². The average Bonchev–Trinajstić information content (AvgIpc) is 2.09.